The maximum Gasteiger partial charge on any atom is 0.329 e. The number of carbonyl (C=O) groups excluding carboxylic acids is 1. The van der Waals surface area contributed by atoms with Gasteiger partial charge in [-0.05, 0) is 66.6 Å². The number of anilines is 1. The molecule has 0 fully saturated rings. The standard InChI is InChI=1S/C28H27N3O4S/c1-18(2)24(30-21-11-7-19(8-12-21)27(34)29-16-15-26(32)33)17-35-22-13-9-20(10-14-22)28-31-23-5-3-4-6-25(23)36-28/h3-16,18,24,30H,17H2,1-2H3,(H,29,34)(H,32,33). The van der Waals surface area contributed by atoms with Gasteiger partial charge in [-0.2, -0.15) is 0 Å². The number of benzene rings is 3. The van der Waals surface area contributed by atoms with Crippen LogP contribution in [0.15, 0.2) is 85.1 Å². The Kier molecular flexibility index (Phi) is 7.97. The highest BCUT2D eigenvalue weighted by Crippen LogP contribution is 2.31. The van der Waals surface area contributed by atoms with E-state index in [1.807, 2.05) is 54.6 Å². The molecule has 1 amide bonds. The Morgan fingerprint density at radius 3 is 2.42 bits per heavy atom. The second-order valence-corrected chi connectivity index (χ2v) is 9.57. The molecule has 0 saturated heterocycles. The maximum absolute atomic E-state index is 12.1. The Hall–Kier alpha value is -4.17. The van der Waals surface area contributed by atoms with Gasteiger partial charge in [0.1, 0.15) is 17.4 Å². The number of rotatable bonds is 10. The van der Waals surface area contributed by atoms with Crippen LogP contribution in [0.25, 0.3) is 20.8 Å². The van der Waals surface area contributed by atoms with Crippen LogP contribution in [-0.2, 0) is 4.79 Å². The lowest BCUT2D eigenvalue weighted by Crippen LogP contribution is -2.32. The molecule has 0 saturated carbocycles. The van der Waals surface area contributed by atoms with Gasteiger partial charge in [-0.1, -0.05) is 26.0 Å². The molecule has 8 heteroatoms. The molecule has 184 valence electrons. The lowest BCUT2D eigenvalue weighted by molar-refractivity contribution is -0.131. The van der Waals surface area contributed by atoms with Crippen LogP contribution in [0.3, 0.4) is 0 Å². The van der Waals surface area contributed by atoms with Gasteiger partial charge >= 0.3 is 5.97 Å². The van der Waals surface area contributed by atoms with E-state index in [-0.39, 0.29) is 11.9 Å². The van der Waals surface area contributed by atoms with E-state index in [0.717, 1.165) is 39.8 Å². The predicted octanol–water partition coefficient (Wildman–Crippen LogP) is 5.81. The molecule has 7 nitrogen and oxygen atoms in total. The van der Waals surface area contributed by atoms with Crippen LogP contribution >= 0.6 is 11.3 Å². The predicted molar refractivity (Wildman–Crippen MR) is 143 cm³/mol. The fourth-order valence-corrected chi connectivity index (χ4v) is 4.45. The smallest absolute Gasteiger partial charge is 0.329 e. The van der Waals surface area contributed by atoms with Crippen LogP contribution in [-0.4, -0.2) is 34.6 Å². The van der Waals surface area contributed by atoms with Gasteiger partial charge in [0.15, 0.2) is 0 Å². The molecule has 1 unspecified atom stereocenters. The highest BCUT2D eigenvalue weighted by atomic mass is 32.1. The van der Waals surface area contributed by atoms with Gasteiger partial charge in [0.2, 0.25) is 0 Å². The molecule has 1 heterocycles. The van der Waals surface area contributed by atoms with Crippen molar-refractivity contribution in [2.24, 2.45) is 5.92 Å². The topological polar surface area (TPSA) is 101 Å². The number of ether oxygens (including phenoxy) is 1. The van der Waals surface area contributed by atoms with Gasteiger partial charge < -0.3 is 20.5 Å². The lowest BCUT2D eigenvalue weighted by atomic mass is 10.0. The first-order chi connectivity index (χ1) is 17.4. The molecule has 36 heavy (non-hydrogen) atoms. The minimum Gasteiger partial charge on any atom is -0.491 e. The highest BCUT2D eigenvalue weighted by molar-refractivity contribution is 7.21. The van der Waals surface area contributed by atoms with E-state index >= 15 is 0 Å². The summed E-state index contributed by atoms with van der Waals surface area (Å²) in [7, 11) is 0. The molecule has 1 atom stereocenters. The number of carboxylic acids is 1. The number of nitrogens with zero attached hydrogens (tertiary/aromatic N) is 1. The van der Waals surface area contributed by atoms with Crippen molar-refractivity contribution in [2.45, 2.75) is 19.9 Å². The Morgan fingerprint density at radius 2 is 1.75 bits per heavy atom. The molecule has 4 aromatic rings. The van der Waals surface area contributed by atoms with E-state index < -0.39 is 5.97 Å². The molecule has 0 radical (unpaired) electrons. The first-order valence-electron chi connectivity index (χ1n) is 11.5. The number of aromatic nitrogens is 1. The molecule has 0 bridgehead atoms. The van der Waals surface area contributed by atoms with Crippen LogP contribution < -0.4 is 15.4 Å². The largest absolute Gasteiger partial charge is 0.491 e. The summed E-state index contributed by atoms with van der Waals surface area (Å²) in [6, 6.07) is 23.2. The molecule has 0 aliphatic heterocycles. The van der Waals surface area contributed by atoms with Crippen LogP contribution in [0.4, 0.5) is 5.69 Å². The molecule has 0 aliphatic rings. The van der Waals surface area contributed by atoms with Crippen LogP contribution in [0.2, 0.25) is 0 Å². The molecule has 3 aromatic carbocycles. The number of aliphatic carboxylic acids is 1. The van der Waals surface area contributed by atoms with E-state index in [1.54, 1.807) is 23.5 Å². The quantitative estimate of drug-likeness (QED) is 0.237. The van der Waals surface area contributed by atoms with Gasteiger partial charge in [-0.15, -0.1) is 11.3 Å². The third-order valence-electron chi connectivity index (χ3n) is 5.57. The minimum absolute atomic E-state index is 0.0483. The zero-order chi connectivity index (χ0) is 25.5. The zero-order valence-corrected chi connectivity index (χ0v) is 20.8. The summed E-state index contributed by atoms with van der Waals surface area (Å²) in [6.07, 6.45) is 1.98. The van der Waals surface area contributed by atoms with Gasteiger partial charge in [0.05, 0.1) is 16.3 Å². The van der Waals surface area contributed by atoms with Gasteiger partial charge in [0, 0.05) is 29.1 Å². The lowest BCUT2D eigenvalue weighted by Gasteiger charge is -2.24. The number of hydrogen-bond acceptors (Lipinski definition) is 6. The summed E-state index contributed by atoms with van der Waals surface area (Å²) < 4.78 is 7.25. The summed E-state index contributed by atoms with van der Waals surface area (Å²) in [5.41, 5.74) is 3.36. The van der Waals surface area contributed by atoms with Crippen molar-refractivity contribution >= 4 is 39.1 Å². The zero-order valence-electron chi connectivity index (χ0n) is 20.0. The summed E-state index contributed by atoms with van der Waals surface area (Å²) in [5.74, 6) is -0.414. The average Bonchev–Trinajstić information content (AvgIpc) is 3.31. The number of carbonyl (C=O) groups is 2. The van der Waals surface area contributed by atoms with Crippen molar-refractivity contribution in [3.8, 4) is 16.3 Å². The fourth-order valence-electron chi connectivity index (χ4n) is 3.48. The average molecular weight is 502 g/mol. The molecule has 0 spiro atoms. The summed E-state index contributed by atoms with van der Waals surface area (Å²) in [5, 5.41) is 15.5. The number of fused-ring (bicyclic) bond motifs is 1. The van der Waals surface area contributed by atoms with Gasteiger partial charge in [-0.3, -0.25) is 4.79 Å². The monoisotopic (exact) mass is 501 g/mol. The Morgan fingerprint density at radius 1 is 1.03 bits per heavy atom. The normalized spacial score (nSPS) is 12.1. The molecule has 3 N–H and O–H groups in total. The second kappa shape index (κ2) is 11.5. The highest BCUT2D eigenvalue weighted by Gasteiger charge is 2.15. The minimum atomic E-state index is -1.12. The van der Waals surface area contributed by atoms with Crippen molar-refractivity contribution < 1.29 is 19.4 Å². The molecular weight excluding hydrogens is 474 g/mol. The van der Waals surface area contributed by atoms with Crippen molar-refractivity contribution in [1.29, 1.82) is 0 Å². The van der Waals surface area contributed by atoms with E-state index in [2.05, 4.69) is 30.5 Å². The van der Waals surface area contributed by atoms with Crippen molar-refractivity contribution in [1.82, 2.24) is 10.3 Å². The number of thiazole rings is 1. The van der Waals surface area contributed by atoms with Gasteiger partial charge in [0.25, 0.3) is 5.91 Å². The van der Waals surface area contributed by atoms with Gasteiger partial charge in [-0.25, -0.2) is 9.78 Å². The number of para-hydroxylation sites is 1. The number of nitrogens with one attached hydrogen (secondary N) is 2. The Labute approximate surface area is 213 Å². The number of hydrogen-bond donors (Lipinski definition) is 3. The summed E-state index contributed by atoms with van der Waals surface area (Å²) >= 11 is 1.67. The fraction of sp³-hybridized carbons (Fsp3) is 0.179. The molecule has 4 rings (SSSR count). The third kappa shape index (κ3) is 6.49. The first kappa shape index (κ1) is 24.9. The maximum atomic E-state index is 12.1. The van der Waals surface area contributed by atoms with Crippen LogP contribution in [0.1, 0.15) is 24.2 Å². The summed E-state index contributed by atoms with van der Waals surface area (Å²) in [4.78, 5) is 27.3. The number of carboxylic acid groups (broad SMARTS) is 1. The number of amides is 1. The molecule has 1 aromatic heterocycles. The summed E-state index contributed by atoms with van der Waals surface area (Å²) in [6.45, 7) is 4.71. The van der Waals surface area contributed by atoms with Crippen molar-refractivity contribution in [3.05, 3.63) is 90.6 Å². The second-order valence-electron chi connectivity index (χ2n) is 8.54. The Bertz CT molecular complexity index is 1330. The SMILES string of the molecule is CC(C)C(COc1ccc(-c2nc3ccccc3s2)cc1)Nc1ccc(C(=O)NC=CC(=O)O)cc1. The van der Waals surface area contributed by atoms with E-state index in [0.29, 0.717) is 18.1 Å². The van der Waals surface area contributed by atoms with Crippen molar-refractivity contribution in [2.75, 3.05) is 11.9 Å². The third-order valence-corrected chi connectivity index (χ3v) is 6.65. The molecular formula is C28H27N3O4S. The van der Waals surface area contributed by atoms with E-state index in [1.165, 1.54) is 4.70 Å². The van der Waals surface area contributed by atoms with E-state index in [4.69, 9.17) is 14.8 Å². The Balaban J connectivity index is 1.34. The van der Waals surface area contributed by atoms with Crippen LogP contribution in [0, 0.1) is 5.92 Å². The van der Waals surface area contributed by atoms with E-state index in [9.17, 15) is 9.59 Å². The van der Waals surface area contributed by atoms with Crippen molar-refractivity contribution in [3.63, 3.8) is 0 Å². The van der Waals surface area contributed by atoms with Crippen LogP contribution in [0.5, 0.6) is 5.75 Å². The first-order valence-corrected chi connectivity index (χ1v) is 12.4. The molecule has 0 aliphatic carbocycles.